The Hall–Kier alpha value is -1.74. The molecular weight excluding hydrogens is 654 g/mol. The summed E-state index contributed by atoms with van der Waals surface area (Å²) in [5.74, 6) is -1.60. The van der Waals surface area contributed by atoms with Crippen LogP contribution in [0.2, 0.25) is 0 Å². The summed E-state index contributed by atoms with van der Waals surface area (Å²) in [7, 11) is 5.92. The van der Waals surface area contributed by atoms with Crippen LogP contribution in [0, 0.1) is 0 Å². The Morgan fingerprint density at radius 3 is 1.42 bits per heavy atom. The second-order valence-electron chi connectivity index (χ2n) is 15.9. The van der Waals surface area contributed by atoms with Crippen molar-refractivity contribution in [3.8, 4) is 0 Å². The standard InChI is InChI=1S/C44H83NO7/c1-5-6-7-8-9-10-11-12-13-14-15-16-17-18-19-20-21-22-23-24-25-26-27-28-29-30-31-32-33-34-35-36-42(47)51-39-41(46)40-52-44(43(48)49)50-38-37-45(2,3)4/h11-12,14-15,41,44,46H,5-10,13,16-40H2,1-4H3/p+1/b12-11-,15-14-. The molecule has 0 radical (unpaired) electrons. The molecule has 0 rings (SSSR count). The molecule has 306 valence electrons. The number of carboxylic acids is 1. The number of aliphatic hydroxyl groups excluding tert-OH is 1. The van der Waals surface area contributed by atoms with E-state index < -0.39 is 18.4 Å². The lowest BCUT2D eigenvalue weighted by molar-refractivity contribution is -0.870. The molecule has 0 saturated heterocycles. The summed E-state index contributed by atoms with van der Waals surface area (Å²) in [6.07, 6.45) is 42.3. The topological polar surface area (TPSA) is 102 Å². The molecule has 0 heterocycles. The van der Waals surface area contributed by atoms with Crippen LogP contribution in [0.5, 0.6) is 0 Å². The van der Waals surface area contributed by atoms with Gasteiger partial charge in [0, 0.05) is 6.42 Å². The van der Waals surface area contributed by atoms with Crippen LogP contribution >= 0.6 is 0 Å². The fraction of sp³-hybridized carbons (Fsp3) is 0.864. The Bertz CT molecular complexity index is 854. The van der Waals surface area contributed by atoms with Gasteiger partial charge >= 0.3 is 11.9 Å². The molecule has 0 amide bonds. The minimum atomic E-state index is -1.46. The second-order valence-corrected chi connectivity index (χ2v) is 15.9. The van der Waals surface area contributed by atoms with Crippen molar-refractivity contribution in [3.05, 3.63) is 24.3 Å². The van der Waals surface area contributed by atoms with Crippen LogP contribution in [-0.4, -0.2) is 86.5 Å². The van der Waals surface area contributed by atoms with Gasteiger partial charge in [-0.2, -0.15) is 0 Å². The van der Waals surface area contributed by atoms with Crippen molar-refractivity contribution >= 4 is 11.9 Å². The van der Waals surface area contributed by atoms with E-state index in [-0.39, 0.29) is 25.8 Å². The normalized spacial score (nSPS) is 13.3. The van der Waals surface area contributed by atoms with Crippen LogP contribution in [0.15, 0.2) is 24.3 Å². The van der Waals surface area contributed by atoms with E-state index in [1.807, 2.05) is 21.1 Å². The molecule has 0 aromatic rings. The Kier molecular flexibility index (Phi) is 36.3. The number of aliphatic carboxylic acids is 1. The van der Waals surface area contributed by atoms with E-state index >= 15 is 0 Å². The first-order valence-electron chi connectivity index (χ1n) is 21.6. The van der Waals surface area contributed by atoms with E-state index in [9.17, 15) is 19.8 Å². The molecule has 0 spiro atoms. The highest BCUT2D eigenvalue weighted by Gasteiger charge is 2.22. The maximum atomic E-state index is 12.0. The van der Waals surface area contributed by atoms with Gasteiger partial charge in [0.2, 0.25) is 0 Å². The van der Waals surface area contributed by atoms with Crippen molar-refractivity contribution in [1.82, 2.24) is 0 Å². The summed E-state index contributed by atoms with van der Waals surface area (Å²) >= 11 is 0. The average molecular weight is 739 g/mol. The number of rotatable bonds is 40. The smallest absolute Gasteiger partial charge is 0.361 e. The summed E-state index contributed by atoms with van der Waals surface area (Å²) in [5, 5.41) is 19.3. The summed E-state index contributed by atoms with van der Waals surface area (Å²) in [4.78, 5) is 23.3. The lowest BCUT2D eigenvalue weighted by Crippen LogP contribution is -2.40. The van der Waals surface area contributed by atoms with Crippen LogP contribution in [0.1, 0.15) is 187 Å². The number of carbonyl (C=O) groups excluding carboxylic acids is 1. The average Bonchev–Trinajstić information content (AvgIpc) is 3.10. The summed E-state index contributed by atoms with van der Waals surface area (Å²) < 4.78 is 16.2. The molecule has 0 saturated carbocycles. The highest BCUT2D eigenvalue weighted by atomic mass is 16.7. The summed E-state index contributed by atoms with van der Waals surface area (Å²) in [6, 6.07) is 0. The highest BCUT2D eigenvalue weighted by molar-refractivity contribution is 5.70. The number of hydrogen-bond donors (Lipinski definition) is 2. The predicted molar refractivity (Wildman–Crippen MR) is 216 cm³/mol. The monoisotopic (exact) mass is 739 g/mol. The molecule has 0 aromatic carbocycles. The maximum absolute atomic E-state index is 12.0. The van der Waals surface area contributed by atoms with Gasteiger partial charge < -0.3 is 28.9 Å². The van der Waals surface area contributed by atoms with Crippen molar-refractivity contribution in [3.63, 3.8) is 0 Å². The predicted octanol–water partition coefficient (Wildman–Crippen LogP) is 11.1. The van der Waals surface area contributed by atoms with Gasteiger partial charge in [-0.05, 0) is 38.5 Å². The SMILES string of the molecule is CCCCCCC/C=C\C/C=C\CCCCCCCCCCCCCCCCCCCCCC(=O)OCC(O)COC(OCC[N+](C)(C)C)C(=O)O. The first-order chi connectivity index (χ1) is 25.2. The molecule has 8 nitrogen and oxygen atoms in total. The number of carboxylic acid groups (broad SMARTS) is 1. The molecule has 0 aromatic heterocycles. The third-order valence-electron chi connectivity index (χ3n) is 9.44. The van der Waals surface area contributed by atoms with Crippen LogP contribution in [0.4, 0.5) is 0 Å². The first-order valence-corrected chi connectivity index (χ1v) is 21.6. The van der Waals surface area contributed by atoms with Crippen molar-refractivity contribution < 1.29 is 38.5 Å². The van der Waals surface area contributed by atoms with Crippen LogP contribution in [-0.2, 0) is 23.8 Å². The van der Waals surface area contributed by atoms with Gasteiger partial charge in [0.05, 0.1) is 34.4 Å². The summed E-state index contributed by atoms with van der Waals surface area (Å²) in [6.45, 7) is 2.59. The van der Waals surface area contributed by atoms with Crippen LogP contribution in [0.25, 0.3) is 0 Å². The van der Waals surface area contributed by atoms with E-state index in [1.54, 1.807) is 0 Å². The molecule has 0 aliphatic carbocycles. The molecule has 0 aliphatic heterocycles. The molecule has 0 bridgehead atoms. The van der Waals surface area contributed by atoms with Gasteiger partial charge in [-0.15, -0.1) is 0 Å². The molecule has 2 unspecified atom stereocenters. The fourth-order valence-corrected chi connectivity index (χ4v) is 6.04. The van der Waals surface area contributed by atoms with Gasteiger partial charge in [-0.1, -0.05) is 166 Å². The third kappa shape index (κ3) is 39.5. The fourth-order valence-electron chi connectivity index (χ4n) is 6.04. The van der Waals surface area contributed by atoms with Crippen molar-refractivity contribution in [1.29, 1.82) is 0 Å². The molecule has 0 aliphatic rings. The quantitative estimate of drug-likeness (QED) is 0.0212. The number of unbranched alkanes of at least 4 members (excludes halogenated alkanes) is 24. The molecule has 8 heteroatoms. The molecule has 0 fully saturated rings. The van der Waals surface area contributed by atoms with Crippen molar-refractivity contribution in [2.75, 3.05) is 47.5 Å². The number of aliphatic hydroxyl groups is 1. The number of quaternary nitrogens is 1. The second kappa shape index (κ2) is 37.6. The molecular formula is C44H84NO7+. The zero-order chi connectivity index (χ0) is 38.4. The number of allylic oxidation sites excluding steroid dienone is 4. The Labute approximate surface area is 320 Å². The highest BCUT2D eigenvalue weighted by Crippen LogP contribution is 2.15. The zero-order valence-electron chi connectivity index (χ0n) is 34.5. The van der Waals surface area contributed by atoms with E-state index in [4.69, 9.17) is 14.2 Å². The lowest BCUT2D eigenvalue weighted by atomic mass is 10.0. The first kappa shape index (κ1) is 50.3. The van der Waals surface area contributed by atoms with Gasteiger partial charge in [-0.3, -0.25) is 4.79 Å². The Morgan fingerprint density at radius 2 is 1.00 bits per heavy atom. The van der Waals surface area contributed by atoms with Crippen LogP contribution < -0.4 is 0 Å². The Morgan fingerprint density at radius 1 is 0.577 bits per heavy atom. The van der Waals surface area contributed by atoms with E-state index in [2.05, 4.69) is 31.2 Å². The van der Waals surface area contributed by atoms with E-state index in [0.29, 0.717) is 17.4 Å². The van der Waals surface area contributed by atoms with Crippen molar-refractivity contribution in [2.45, 2.75) is 199 Å². The number of esters is 1. The number of hydrogen-bond acceptors (Lipinski definition) is 6. The number of ether oxygens (including phenoxy) is 3. The van der Waals surface area contributed by atoms with Gasteiger partial charge in [0.1, 0.15) is 19.3 Å². The van der Waals surface area contributed by atoms with E-state index in [1.165, 1.54) is 148 Å². The Balaban J connectivity index is 3.40. The minimum Gasteiger partial charge on any atom is -0.477 e. The number of carbonyl (C=O) groups is 2. The van der Waals surface area contributed by atoms with Gasteiger partial charge in [0.25, 0.3) is 6.29 Å². The maximum Gasteiger partial charge on any atom is 0.361 e. The van der Waals surface area contributed by atoms with Crippen LogP contribution in [0.3, 0.4) is 0 Å². The lowest BCUT2D eigenvalue weighted by Gasteiger charge is -2.24. The number of likely N-dealkylation sites (N-methyl/N-ethyl adjacent to an activating group) is 1. The van der Waals surface area contributed by atoms with Gasteiger partial charge in [0.15, 0.2) is 0 Å². The molecule has 2 atom stereocenters. The third-order valence-corrected chi connectivity index (χ3v) is 9.44. The van der Waals surface area contributed by atoms with Crippen molar-refractivity contribution in [2.24, 2.45) is 0 Å². The largest absolute Gasteiger partial charge is 0.477 e. The minimum absolute atomic E-state index is 0.212. The molecule has 2 N–H and O–H groups in total. The molecule has 52 heavy (non-hydrogen) atoms. The summed E-state index contributed by atoms with van der Waals surface area (Å²) in [5.41, 5.74) is 0. The number of nitrogens with zero attached hydrogens (tertiary/aromatic N) is 1. The van der Waals surface area contributed by atoms with E-state index in [0.717, 1.165) is 25.7 Å². The zero-order valence-corrected chi connectivity index (χ0v) is 34.5. The van der Waals surface area contributed by atoms with Gasteiger partial charge in [-0.25, -0.2) is 4.79 Å².